The molecule has 8 heteroatoms. The van der Waals surface area contributed by atoms with E-state index in [0.717, 1.165) is 31.9 Å². The SMILES string of the molecule is C1CCNC1.Cc1cc(Nc2cc3nc(-c4cc(C#N)ccc4C)sc3cn2)[nH]c(=O)c1. The van der Waals surface area contributed by atoms with Crippen molar-refractivity contribution in [2.24, 2.45) is 0 Å². The van der Waals surface area contributed by atoms with Gasteiger partial charge in [0, 0.05) is 23.9 Å². The molecule has 1 fully saturated rings. The molecule has 3 aromatic heterocycles. The average Bonchev–Trinajstić information content (AvgIpc) is 3.46. The number of hydrogen-bond donors (Lipinski definition) is 3. The third kappa shape index (κ3) is 5.19. The maximum Gasteiger partial charge on any atom is 0.249 e. The zero-order chi connectivity index (χ0) is 22.5. The number of nitriles is 1. The number of aromatic nitrogens is 3. The third-order valence-electron chi connectivity index (χ3n) is 5.08. The Morgan fingerprint density at radius 2 is 1.94 bits per heavy atom. The molecule has 162 valence electrons. The van der Waals surface area contributed by atoms with Crippen molar-refractivity contribution in [2.45, 2.75) is 26.7 Å². The van der Waals surface area contributed by atoms with E-state index in [1.165, 1.54) is 43.3 Å². The average molecular weight is 445 g/mol. The van der Waals surface area contributed by atoms with Gasteiger partial charge in [0.15, 0.2) is 0 Å². The Morgan fingerprint density at radius 1 is 1.12 bits per heavy atom. The predicted molar refractivity (Wildman–Crippen MR) is 129 cm³/mol. The fourth-order valence-electron chi connectivity index (χ4n) is 3.45. The molecule has 0 bridgehead atoms. The number of H-pyrrole nitrogens is 1. The first-order valence-electron chi connectivity index (χ1n) is 10.5. The number of nitrogens with zero attached hydrogens (tertiary/aromatic N) is 3. The van der Waals surface area contributed by atoms with Crippen molar-refractivity contribution in [3.05, 3.63) is 69.6 Å². The maximum atomic E-state index is 11.6. The lowest BCUT2D eigenvalue weighted by Gasteiger charge is -2.05. The number of rotatable bonds is 3. The second-order valence-electron chi connectivity index (χ2n) is 7.72. The van der Waals surface area contributed by atoms with Gasteiger partial charge in [-0.25, -0.2) is 9.97 Å². The molecule has 0 spiro atoms. The van der Waals surface area contributed by atoms with Crippen molar-refractivity contribution in [1.29, 1.82) is 5.26 Å². The van der Waals surface area contributed by atoms with Crippen molar-refractivity contribution < 1.29 is 0 Å². The number of hydrogen-bond acceptors (Lipinski definition) is 7. The highest BCUT2D eigenvalue weighted by Crippen LogP contribution is 2.33. The second-order valence-corrected chi connectivity index (χ2v) is 8.75. The molecule has 7 nitrogen and oxygen atoms in total. The van der Waals surface area contributed by atoms with Crippen LogP contribution in [-0.4, -0.2) is 28.0 Å². The van der Waals surface area contributed by atoms with E-state index in [2.05, 4.69) is 26.7 Å². The first-order chi connectivity index (χ1) is 15.5. The molecule has 0 unspecified atom stereocenters. The Morgan fingerprint density at radius 3 is 2.62 bits per heavy atom. The largest absolute Gasteiger partial charge is 0.326 e. The molecule has 1 aliphatic rings. The van der Waals surface area contributed by atoms with Gasteiger partial charge in [0.05, 0.1) is 21.8 Å². The van der Waals surface area contributed by atoms with Gasteiger partial charge < -0.3 is 15.6 Å². The second kappa shape index (κ2) is 9.73. The molecule has 4 heterocycles. The monoisotopic (exact) mass is 444 g/mol. The Balaban J connectivity index is 0.000000433. The van der Waals surface area contributed by atoms with Gasteiger partial charge in [0.2, 0.25) is 5.56 Å². The van der Waals surface area contributed by atoms with Gasteiger partial charge >= 0.3 is 0 Å². The molecule has 3 N–H and O–H groups in total. The number of thiazole rings is 1. The lowest BCUT2D eigenvalue weighted by atomic mass is 10.1. The molecule has 1 aromatic carbocycles. The Kier molecular flexibility index (Phi) is 6.59. The van der Waals surface area contributed by atoms with E-state index in [9.17, 15) is 4.79 Å². The van der Waals surface area contributed by atoms with Crippen LogP contribution >= 0.6 is 11.3 Å². The lowest BCUT2D eigenvalue weighted by molar-refractivity contribution is 0.857. The van der Waals surface area contributed by atoms with E-state index < -0.39 is 0 Å². The summed E-state index contributed by atoms with van der Waals surface area (Å²) in [6.45, 7) is 6.36. The molecule has 0 saturated carbocycles. The van der Waals surface area contributed by atoms with Gasteiger partial charge in [0.25, 0.3) is 0 Å². The normalized spacial score (nSPS) is 12.8. The Labute approximate surface area is 190 Å². The maximum absolute atomic E-state index is 11.6. The minimum atomic E-state index is -0.164. The van der Waals surface area contributed by atoms with Crippen LogP contribution in [0.15, 0.2) is 47.4 Å². The van der Waals surface area contributed by atoms with Crippen LogP contribution < -0.4 is 16.2 Å². The molecule has 0 aliphatic carbocycles. The van der Waals surface area contributed by atoms with Gasteiger partial charge in [0.1, 0.15) is 16.6 Å². The van der Waals surface area contributed by atoms with Crippen LogP contribution in [0, 0.1) is 25.2 Å². The van der Waals surface area contributed by atoms with Crippen LogP contribution in [0.25, 0.3) is 20.8 Å². The summed E-state index contributed by atoms with van der Waals surface area (Å²) in [7, 11) is 0. The van der Waals surface area contributed by atoms with Gasteiger partial charge in [-0.1, -0.05) is 6.07 Å². The molecule has 1 saturated heterocycles. The van der Waals surface area contributed by atoms with Crippen LogP contribution in [0.2, 0.25) is 0 Å². The quantitative estimate of drug-likeness (QED) is 0.425. The summed E-state index contributed by atoms with van der Waals surface area (Å²) in [6.07, 6.45) is 4.54. The standard InChI is InChI=1S/C20H15N5OS.C4H9N/c1-11-5-18(25-19(26)6-11)24-17-8-15-16(10-22-17)27-20(23-15)14-7-13(9-21)4-3-12(14)2;1-2-4-5-3-1/h3-8,10H,1-2H3,(H2,22,24,25,26);5H,1-4H2. The molecule has 0 radical (unpaired) electrons. The van der Waals surface area contributed by atoms with Gasteiger partial charge in [-0.3, -0.25) is 4.79 Å². The van der Waals surface area contributed by atoms with Crippen molar-refractivity contribution in [3.8, 4) is 16.6 Å². The van der Waals surface area contributed by atoms with Gasteiger partial charge in [-0.05, 0) is 69.1 Å². The molecular weight excluding hydrogens is 420 g/mol. The fraction of sp³-hybridized carbons (Fsp3) is 0.250. The van der Waals surface area contributed by atoms with E-state index in [1.807, 2.05) is 38.1 Å². The molecule has 5 rings (SSSR count). The number of aryl methyl sites for hydroxylation is 2. The van der Waals surface area contributed by atoms with Crippen LogP contribution in [-0.2, 0) is 0 Å². The van der Waals surface area contributed by atoms with Crippen molar-refractivity contribution >= 4 is 33.2 Å². The van der Waals surface area contributed by atoms with E-state index in [1.54, 1.807) is 12.3 Å². The highest BCUT2D eigenvalue weighted by Gasteiger charge is 2.11. The number of fused-ring (bicyclic) bond motifs is 1. The topological polar surface area (TPSA) is 106 Å². The van der Waals surface area contributed by atoms with Crippen LogP contribution in [0.1, 0.15) is 29.5 Å². The first kappa shape index (κ1) is 21.7. The van der Waals surface area contributed by atoms with E-state index in [-0.39, 0.29) is 5.56 Å². The number of benzene rings is 1. The number of aromatic amines is 1. The van der Waals surface area contributed by atoms with Crippen molar-refractivity contribution in [3.63, 3.8) is 0 Å². The molecule has 0 atom stereocenters. The molecule has 4 aromatic rings. The highest BCUT2D eigenvalue weighted by atomic mass is 32.1. The lowest BCUT2D eigenvalue weighted by Crippen LogP contribution is -2.08. The fourth-order valence-corrected chi connectivity index (χ4v) is 4.45. The molecule has 1 aliphatic heterocycles. The summed E-state index contributed by atoms with van der Waals surface area (Å²) >= 11 is 1.54. The minimum absolute atomic E-state index is 0.164. The summed E-state index contributed by atoms with van der Waals surface area (Å²) in [5.74, 6) is 1.18. The zero-order valence-electron chi connectivity index (χ0n) is 18.0. The Bertz CT molecular complexity index is 1340. The van der Waals surface area contributed by atoms with E-state index in [4.69, 9.17) is 10.2 Å². The zero-order valence-corrected chi connectivity index (χ0v) is 18.8. The summed E-state index contributed by atoms with van der Waals surface area (Å²) in [5, 5.41) is 16.3. The molecule has 0 amide bonds. The van der Waals surface area contributed by atoms with Crippen LogP contribution in [0.3, 0.4) is 0 Å². The predicted octanol–water partition coefficient (Wildman–Crippen LogP) is 4.65. The summed E-state index contributed by atoms with van der Waals surface area (Å²) in [5.41, 5.74) is 4.14. The molecule has 32 heavy (non-hydrogen) atoms. The van der Waals surface area contributed by atoms with E-state index in [0.29, 0.717) is 17.2 Å². The number of anilines is 2. The highest BCUT2D eigenvalue weighted by molar-refractivity contribution is 7.21. The van der Waals surface area contributed by atoms with Gasteiger partial charge in [-0.2, -0.15) is 5.26 Å². The number of pyridine rings is 2. The first-order valence-corrected chi connectivity index (χ1v) is 11.3. The van der Waals surface area contributed by atoms with Crippen molar-refractivity contribution in [2.75, 3.05) is 18.4 Å². The minimum Gasteiger partial charge on any atom is -0.326 e. The van der Waals surface area contributed by atoms with E-state index >= 15 is 0 Å². The molecular formula is C24H24N6OS. The summed E-state index contributed by atoms with van der Waals surface area (Å²) in [6, 6.07) is 13.0. The third-order valence-corrected chi connectivity index (χ3v) is 6.12. The Hall–Kier alpha value is -3.54. The summed E-state index contributed by atoms with van der Waals surface area (Å²) in [4.78, 5) is 23.5. The smallest absolute Gasteiger partial charge is 0.249 e. The number of nitrogens with one attached hydrogen (secondary N) is 3. The van der Waals surface area contributed by atoms with Crippen molar-refractivity contribution in [1.82, 2.24) is 20.3 Å². The van der Waals surface area contributed by atoms with Crippen LogP contribution in [0.5, 0.6) is 0 Å². The van der Waals surface area contributed by atoms with Crippen LogP contribution in [0.4, 0.5) is 11.6 Å². The summed E-state index contributed by atoms with van der Waals surface area (Å²) < 4.78 is 0.954. The van der Waals surface area contributed by atoms with Gasteiger partial charge in [-0.15, -0.1) is 11.3 Å².